The van der Waals surface area contributed by atoms with Crippen LogP contribution in [-0.4, -0.2) is 26.2 Å². The van der Waals surface area contributed by atoms with Gasteiger partial charge in [-0.25, -0.2) is 4.57 Å². The average Bonchev–Trinajstić information content (AvgIpc) is 2.05. The third kappa shape index (κ3) is 106. The van der Waals surface area contributed by atoms with Crippen molar-refractivity contribution in [1.82, 2.24) is 0 Å². The summed E-state index contributed by atoms with van der Waals surface area (Å²) in [5, 5.41) is 0. The number of hydrogen-bond acceptors (Lipinski definition) is 5. The Bertz CT molecular complexity index is 171. The van der Waals surface area contributed by atoms with Gasteiger partial charge in [-0.05, 0) is 11.5 Å². The first kappa shape index (κ1) is 26.2. The second kappa shape index (κ2) is 21.9. The Morgan fingerprint density at radius 1 is 1.06 bits per heavy atom. The van der Waals surface area contributed by atoms with Crippen molar-refractivity contribution in [2.24, 2.45) is 0 Å². The van der Waals surface area contributed by atoms with Crippen LogP contribution in [0.4, 0.5) is 0 Å². The quantitative estimate of drug-likeness (QED) is 0.226. The largest absolute Gasteiger partial charge is 2.00 e. The summed E-state index contributed by atoms with van der Waals surface area (Å²) in [6.45, 7) is 6.93. The minimum Gasteiger partial charge on any atom is -0.719 e. The first-order valence-electron chi connectivity index (χ1n) is 3.33. The maximum absolute atomic E-state index is 8.88. The monoisotopic (exact) mass is 372 g/mol. The molecule has 92 valence electrons. The van der Waals surface area contributed by atoms with Crippen LogP contribution in [0.25, 0.3) is 0 Å². The second-order valence-corrected chi connectivity index (χ2v) is 5.24. The van der Waals surface area contributed by atoms with Crippen LogP contribution in [0.5, 0.6) is 0 Å². The van der Waals surface area contributed by atoms with Crippen LogP contribution >= 0.6 is 29.4 Å². The summed E-state index contributed by atoms with van der Waals surface area (Å²) >= 11 is 8.99. The fraction of sp³-hybridized carbons (Fsp3) is 0.333. The van der Waals surface area contributed by atoms with E-state index >= 15 is 0 Å². The Hall–Kier alpha value is 1.61. The summed E-state index contributed by atoms with van der Waals surface area (Å²) in [5.74, 6) is 1.77. The van der Waals surface area contributed by atoms with Gasteiger partial charge in [0, 0.05) is 0 Å². The summed E-state index contributed by atoms with van der Waals surface area (Å²) in [6, 6.07) is 0. The molecule has 0 rings (SSSR count). The molecule has 0 radical (unpaired) electrons. The summed E-state index contributed by atoms with van der Waals surface area (Å²) in [5.41, 5.74) is 0. The smallest absolute Gasteiger partial charge is 0.719 e. The van der Waals surface area contributed by atoms with Crippen LogP contribution in [0.2, 0.25) is 0 Å². The molecule has 0 saturated heterocycles. The molecule has 0 fully saturated rings. The van der Waals surface area contributed by atoms with Gasteiger partial charge in [0.25, 0.3) is 0 Å². The van der Waals surface area contributed by atoms with E-state index in [-0.39, 0.29) is 19.5 Å². The van der Waals surface area contributed by atoms with Gasteiger partial charge in [-0.2, -0.15) is 0 Å². The summed E-state index contributed by atoms with van der Waals surface area (Å²) < 4.78 is 8.88. The molecule has 0 aromatic heterocycles. The molecule has 0 spiro atoms. The Balaban J connectivity index is -0.0000000655. The van der Waals surface area contributed by atoms with E-state index < -0.39 is 7.82 Å². The van der Waals surface area contributed by atoms with Gasteiger partial charge >= 0.3 is 27.3 Å². The summed E-state index contributed by atoms with van der Waals surface area (Å²) in [7, 11) is -1.91. The van der Waals surface area contributed by atoms with Crippen molar-refractivity contribution in [3.8, 4) is 0 Å². The van der Waals surface area contributed by atoms with Crippen LogP contribution in [0, 0.1) is 0 Å². The molecule has 0 aliphatic rings. The number of hydrogen-bond donors (Lipinski definition) is 3. The zero-order valence-corrected chi connectivity index (χ0v) is 15.6. The number of phosphoric acid groups is 1. The third-order valence-electron chi connectivity index (χ3n) is 0.372. The SMILES string of the molecule is C=CCS[S-].C=CCS[S-].O=P(O)(O)O.[Zn+2]. The zero-order chi connectivity index (χ0) is 12.7. The molecule has 10 heteroatoms. The Kier molecular flexibility index (Phi) is 35.8. The maximum Gasteiger partial charge on any atom is 2.00 e. The molecule has 0 unspecified atom stereocenters. The van der Waals surface area contributed by atoms with E-state index in [1.165, 1.54) is 21.6 Å². The van der Waals surface area contributed by atoms with Gasteiger partial charge < -0.3 is 59.6 Å². The third-order valence-corrected chi connectivity index (χ3v) is 1.93. The van der Waals surface area contributed by atoms with Crippen molar-refractivity contribution < 1.29 is 38.7 Å². The molecule has 0 atom stereocenters. The van der Waals surface area contributed by atoms with Gasteiger partial charge in [0.2, 0.25) is 0 Å². The fourth-order valence-electron chi connectivity index (χ4n) is 0.0962. The molecule has 4 nitrogen and oxygen atoms in total. The van der Waals surface area contributed by atoms with Crippen molar-refractivity contribution in [1.29, 1.82) is 0 Å². The van der Waals surface area contributed by atoms with Crippen LogP contribution in [0.1, 0.15) is 0 Å². The Morgan fingerprint density at radius 2 is 1.25 bits per heavy atom. The van der Waals surface area contributed by atoms with E-state index in [1.807, 2.05) is 0 Å². The fourth-order valence-corrected chi connectivity index (χ4v) is 0.866. The summed E-state index contributed by atoms with van der Waals surface area (Å²) in [4.78, 5) is 21.6. The van der Waals surface area contributed by atoms with E-state index in [4.69, 9.17) is 19.2 Å². The van der Waals surface area contributed by atoms with Gasteiger partial charge in [0.15, 0.2) is 0 Å². The minimum absolute atomic E-state index is 0. The van der Waals surface area contributed by atoms with E-state index in [0.717, 1.165) is 11.5 Å². The molecule has 0 heterocycles. The van der Waals surface area contributed by atoms with Gasteiger partial charge in [0.05, 0.1) is 0 Å². The van der Waals surface area contributed by atoms with Gasteiger partial charge in [-0.15, -0.1) is 13.2 Å². The Labute approximate surface area is 127 Å². The van der Waals surface area contributed by atoms with Crippen molar-refractivity contribution in [2.75, 3.05) is 11.5 Å². The van der Waals surface area contributed by atoms with Gasteiger partial charge in [-0.1, -0.05) is 12.2 Å². The number of rotatable bonds is 4. The minimum atomic E-state index is -4.64. The van der Waals surface area contributed by atoms with Crippen molar-refractivity contribution in [2.45, 2.75) is 0 Å². The van der Waals surface area contributed by atoms with E-state index in [1.54, 1.807) is 12.2 Å². The molecule has 0 aromatic rings. The first-order valence-corrected chi connectivity index (χ1v) is 8.71. The van der Waals surface area contributed by atoms with Crippen LogP contribution < -0.4 is 0 Å². The zero-order valence-electron chi connectivity index (χ0n) is 8.52. The molecule has 3 N–H and O–H groups in total. The molecular weight excluding hydrogens is 361 g/mol. The van der Waals surface area contributed by atoms with Crippen LogP contribution in [0.15, 0.2) is 25.3 Å². The summed E-state index contributed by atoms with van der Waals surface area (Å²) in [6.07, 6.45) is 3.58. The van der Waals surface area contributed by atoms with E-state index in [0.29, 0.717) is 0 Å². The molecule has 0 aliphatic carbocycles. The second-order valence-electron chi connectivity index (χ2n) is 1.66. The van der Waals surface area contributed by atoms with Gasteiger partial charge in [0.1, 0.15) is 0 Å². The topological polar surface area (TPSA) is 77.8 Å². The molecule has 0 aromatic carbocycles. The predicted octanol–water partition coefficient (Wildman–Crippen LogP) is 1.80. The van der Waals surface area contributed by atoms with Crippen molar-refractivity contribution in [3.05, 3.63) is 25.3 Å². The van der Waals surface area contributed by atoms with E-state index in [2.05, 4.69) is 36.5 Å². The normalized spacial score (nSPS) is 8.31. The van der Waals surface area contributed by atoms with Crippen molar-refractivity contribution >= 4 is 52.7 Å². The molecule has 0 aliphatic heterocycles. The van der Waals surface area contributed by atoms with E-state index in [9.17, 15) is 0 Å². The van der Waals surface area contributed by atoms with Crippen LogP contribution in [-0.2, 0) is 47.4 Å². The van der Waals surface area contributed by atoms with Crippen LogP contribution in [0.3, 0.4) is 0 Å². The molecule has 0 amide bonds. The first-order chi connectivity index (χ1) is 6.83. The maximum atomic E-state index is 8.88. The van der Waals surface area contributed by atoms with Gasteiger partial charge in [-0.3, -0.25) is 0 Å². The molecule has 16 heavy (non-hydrogen) atoms. The predicted molar refractivity (Wildman–Crippen MR) is 74.3 cm³/mol. The molecule has 0 saturated carbocycles. The van der Waals surface area contributed by atoms with Crippen molar-refractivity contribution in [3.63, 3.8) is 0 Å². The standard InChI is InChI=1S/2C3H6S2.H3O4P.Zn/c2*1-2-3-5-4;1-5(2,3)4;/h2*2,4H,1,3H2;(H3,1,2,3,4);/q;;;+2/p-2. The average molecular weight is 374 g/mol. The molecule has 0 bridgehead atoms. The molecular formula is C6H13O4PS4Zn. The Morgan fingerprint density at radius 3 is 1.25 bits per heavy atom.